The summed E-state index contributed by atoms with van der Waals surface area (Å²) in [6.07, 6.45) is 3.83. The molecule has 0 radical (unpaired) electrons. The SMILES string of the molecule is CCCN1CCC2(CC1)NC(=O)N([C@@H]1CCCN(C(=O)c3ccccc3OC)C1)C2=O. The zero-order valence-corrected chi connectivity index (χ0v) is 18.4. The summed E-state index contributed by atoms with van der Waals surface area (Å²) in [6.45, 7) is 5.76. The van der Waals surface area contributed by atoms with Crippen LogP contribution in [0.2, 0.25) is 0 Å². The molecule has 0 unspecified atom stereocenters. The van der Waals surface area contributed by atoms with Gasteiger partial charge in [-0.15, -0.1) is 0 Å². The molecule has 1 aromatic rings. The third-order valence-electron chi connectivity index (χ3n) is 6.83. The van der Waals surface area contributed by atoms with Gasteiger partial charge in [-0.1, -0.05) is 19.1 Å². The van der Waals surface area contributed by atoms with E-state index in [1.807, 2.05) is 12.1 Å². The van der Waals surface area contributed by atoms with Crippen LogP contribution in [-0.4, -0.2) is 84.0 Å². The number of benzene rings is 1. The molecule has 0 aromatic heterocycles. The molecule has 3 aliphatic rings. The quantitative estimate of drug-likeness (QED) is 0.727. The predicted molar refractivity (Wildman–Crippen MR) is 116 cm³/mol. The highest BCUT2D eigenvalue weighted by molar-refractivity contribution is 6.07. The Morgan fingerprint density at radius 2 is 1.94 bits per heavy atom. The van der Waals surface area contributed by atoms with Crippen LogP contribution in [0.4, 0.5) is 4.79 Å². The standard InChI is InChI=1S/C23H32N4O4/c1-3-12-25-14-10-23(11-15-25)21(29)27(22(30)24-23)17-7-6-13-26(16-17)20(28)18-8-4-5-9-19(18)31-2/h4-5,8-9,17H,3,6-7,10-16H2,1-2H3,(H,24,30)/t17-/m1/s1. The van der Waals surface area contributed by atoms with Crippen molar-refractivity contribution < 1.29 is 19.1 Å². The highest BCUT2D eigenvalue weighted by atomic mass is 16.5. The Bertz CT molecular complexity index is 850. The number of methoxy groups -OCH3 is 1. The summed E-state index contributed by atoms with van der Waals surface area (Å²) < 4.78 is 5.34. The summed E-state index contributed by atoms with van der Waals surface area (Å²) in [7, 11) is 1.55. The molecular weight excluding hydrogens is 396 g/mol. The number of likely N-dealkylation sites (tertiary alicyclic amines) is 2. The van der Waals surface area contributed by atoms with Gasteiger partial charge in [0.05, 0.1) is 18.7 Å². The second-order valence-corrected chi connectivity index (χ2v) is 8.78. The molecule has 4 rings (SSSR count). The van der Waals surface area contributed by atoms with E-state index in [2.05, 4.69) is 17.1 Å². The van der Waals surface area contributed by atoms with Gasteiger partial charge in [0.25, 0.3) is 11.8 Å². The minimum Gasteiger partial charge on any atom is -0.496 e. The lowest BCUT2D eigenvalue weighted by molar-refractivity contribution is -0.135. The number of urea groups is 1. The lowest BCUT2D eigenvalue weighted by Crippen LogP contribution is -2.56. The fourth-order valence-corrected chi connectivity index (χ4v) is 5.13. The van der Waals surface area contributed by atoms with Crippen molar-refractivity contribution in [2.24, 2.45) is 0 Å². The number of rotatable bonds is 5. The fraction of sp³-hybridized carbons (Fsp3) is 0.609. The number of hydrogen-bond acceptors (Lipinski definition) is 5. The normalized spacial score (nSPS) is 23.9. The van der Waals surface area contributed by atoms with Gasteiger partial charge >= 0.3 is 6.03 Å². The second-order valence-electron chi connectivity index (χ2n) is 8.78. The van der Waals surface area contributed by atoms with Gasteiger partial charge in [0.15, 0.2) is 0 Å². The van der Waals surface area contributed by atoms with E-state index in [0.29, 0.717) is 43.7 Å². The molecule has 0 saturated carbocycles. The Morgan fingerprint density at radius 1 is 1.19 bits per heavy atom. The predicted octanol–water partition coefficient (Wildman–Crippen LogP) is 2.10. The molecule has 8 nitrogen and oxygen atoms in total. The Morgan fingerprint density at radius 3 is 2.65 bits per heavy atom. The lowest BCUT2D eigenvalue weighted by atomic mass is 9.87. The van der Waals surface area contributed by atoms with Crippen molar-refractivity contribution in [3.8, 4) is 5.75 Å². The van der Waals surface area contributed by atoms with Crippen LogP contribution in [0.5, 0.6) is 5.75 Å². The number of amides is 4. The summed E-state index contributed by atoms with van der Waals surface area (Å²) in [6, 6.07) is 6.54. The molecule has 3 aliphatic heterocycles. The molecule has 3 saturated heterocycles. The van der Waals surface area contributed by atoms with Crippen LogP contribution in [0, 0.1) is 0 Å². The number of imide groups is 1. The molecule has 3 heterocycles. The third-order valence-corrected chi connectivity index (χ3v) is 6.83. The largest absolute Gasteiger partial charge is 0.496 e. The smallest absolute Gasteiger partial charge is 0.325 e. The van der Waals surface area contributed by atoms with Crippen LogP contribution in [0.1, 0.15) is 49.4 Å². The number of carbonyl (C=O) groups excluding carboxylic acids is 3. The maximum Gasteiger partial charge on any atom is 0.325 e. The number of hydrogen-bond donors (Lipinski definition) is 1. The molecular formula is C23H32N4O4. The minimum atomic E-state index is -0.781. The van der Waals surface area contributed by atoms with Gasteiger partial charge in [-0.2, -0.15) is 0 Å². The van der Waals surface area contributed by atoms with Crippen LogP contribution in [0.3, 0.4) is 0 Å². The molecule has 168 valence electrons. The summed E-state index contributed by atoms with van der Waals surface area (Å²) in [5.41, 5.74) is -0.279. The van der Waals surface area contributed by atoms with Crippen molar-refractivity contribution >= 4 is 17.8 Å². The Kier molecular flexibility index (Phi) is 6.18. The number of ether oxygens (including phenoxy) is 1. The number of nitrogens with zero attached hydrogens (tertiary/aromatic N) is 3. The highest BCUT2D eigenvalue weighted by Crippen LogP contribution is 2.33. The van der Waals surface area contributed by atoms with Gasteiger partial charge in [-0.25, -0.2) is 4.79 Å². The monoisotopic (exact) mass is 428 g/mol. The summed E-state index contributed by atoms with van der Waals surface area (Å²) in [5, 5.41) is 3.01. The number of nitrogens with one attached hydrogen (secondary N) is 1. The van der Waals surface area contributed by atoms with Gasteiger partial charge in [0.1, 0.15) is 11.3 Å². The van der Waals surface area contributed by atoms with Crippen molar-refractivity contribution in [3.05, 3.63) is 29.8 Å². The van der Waals surface area contributed by atoms with E-state index < -0.39 is 5.54 Å². The maximum atomic E-state index is 13.4. The van der Waals surface area contributed by atoms with E-state index >= 15 is 0 Å². The van der Waals surface area contributed by atoms with Gasteiger partial charge in [-0.05, 0) is 50.8 Å². The maximum absolute atomic E-state index is 13.4. The molecule has 0 bridgehead atoms. The summed E-state index contributed by atoms with van der Waals surface area (Å²) >= 11 is 0. The van der Waals surface area contributed by atoms with Crippen LogP contribution in [0.15, 0.2) is 24.3 Å². The zero-order chi connectivity index (χ0) is 22.0. The molecule has 31 heavy (non-hydrogen) atoms. The molecule has 4 amide bonds. The van der Waals surface area contributed by atoms with Gasteiger partial charge in [-0.3, -0.25) is 14.5 Å². The first-order valence-corrected chi connectivity index (χ1v) is 11.3. The van der Waals surface area contributed by atoms with Crippen LogP contribution in [-0.2, 0) is 4.79 Å². The first kappa shape index (κ1) is 21.6. The molecule has 0 aliphatic carbocycles. The average molecular weight is 429 g/mol. The number of para-hydroxylation sites is 1. The molecule has 1 N–H and O–H groups in total. The lowest BCUT2D eigenvalue weighted by Gasteiger charge is -2.39. The van der Waals surface area contributed by atoms with E-state index in [1.54, 1.807) is 24.1 Å². The van der Waals surface area contributed by atoms with E-state index in [-0.39, 0.29) is 23.9 Å². The summed E-state index contributed by atoms with van der Waals surface area (Å²) in [5.74, 6) is 0.282. The Labute approximate surface area is 183 Å². The van der Waals surface area contributed by atoms with Crippen LogP contribution in [0.25, 0.3) is 0 Å². The fourth-order valence-electron chi connectivity index (χ4n) is 5.13. The van der Waals surface area contributed by atoms with Crippen molar-refractivity contribution in [2.75, 3.05) is 39.8 Å². The van der Waals surface area contributed by atoms with Gasteiger partial charge < -0.3 is 19.9 Å². The topological polar surface area (TPSA) is 82.2 Å². The summed E-state index contributed by atoms with van der Waals surface area (Å²) in [4.78, 5) is 44.9. The van der Waals surface area contributed by atoms with Crippen molar-refractivity contribution in [1.82, 2.24) is 20.0 Å². The minimum absolute atomic E-state index is 0.120. The molecule has 1 atom stereocenters. The van der Waals surface area contributed by atoms with Crippen molar-refractivity contribution in [1.29, 1.82) is 0 Å². The highest BCUT2D eigenvalue weighted by Gasteiger charge is 2.54. The first-order valence-electron chi connectivity index (χ1n) is 11.3. The van der Waals surface area contributed by atoms with E-state index in [4.69, 9.17) is 4.74 Å². The van der Waals surface area contributed by atoms with Gasteiger partial charge in [0.2, 0.25) is 0 Å². The Balaban J connectivity index is 1.46. The molecule has 1 aromatic carbocycles. The Hall–Kier alpha value is -2.61. The van der Waals surface area contributed by atoms with E-state index in [1.165, 1.54) is 4.90 Å². The molecule has 1 spiro atoms. The first-order chi connectivity index (χ1) is 15.0. The van der Waals surface area contributed by atoms with Crippen molar-refractivity contribution in [2.45, 2.75) is 50.6 Å². The van der Waals surface area contributed by atoms with Crippen LogP contribution >= 0.6 is 0 Å². The zero-order valence-electron chi connectivity index (χ0n) is 18.4. The van der Waals surface area contributed by atoms with E-state index in [9.17, 15) is 14.4 Å². The number of piperidine rings is 2. The second kappa shape index (κ2) is 8.86. The van der Waals surface area contributed by atoms with E-state index in [0.717, 1.165) is 32.5 Å². The molecule has 8 heteroatoms. The van der Waals surface area contributed by atoms with Gasteiger partial charge in [0, 0.05) is 26.2 Å². The molecule has 3 fully saturated rings. The van der Waals surface area contributed by atoms with Crippen LogP contribution < -0.4 is 10.1 Å². The average Bonchev–Trinajstić information content (AvgIpc) is 3.04. The third kappa shape index (κ3) is 4.01. The number of carbonyl (C=O) groups is 3. The van der Waals surface area contributed by atoms with Crippen molar-refractivity contribution in [3.63, 3.8) is 0 Å².